The van der Waals surface area contributed by atoms with Gasteiger partial charge in [0.2, 0.25) is 0 Å². The fraction of sp³-hybridized carbons (Fsp3) is 0.500. The van der Waals surface area contributed by atoms with Gasteiger partial charge in [0.05, 0.1) is 13.5 Å². The van der Waals surface area contributed by atoms with Crippen molar-refractivity contribution in [1.29, 1.82) is 0 Å². The third-order valence-electron chi connectivity index (χ3n) is 3.42. The minimum absolute atomic E-state index is 0.202. The van der Waals surface area contributed by atoms with Crippen molar-refractivity contribution >= 4 is 11.7 Å². The lowest BCUT2D eigenvalue weighted by Gasteiger charge is -2.32. The van der Waals surface area contributed by atoms with Crippen LogP contribution in [0.1, 0.15) is 18.4 Å². The predicted molar refractivity (Wildman–Crippen MR) is 71.6 cm³/mol. The maximum absolute atomic E-state index is 11.2. The molecule has 2 N–H and O–H groups in total. The van der Waals surface area contributed by atoms with Crippen LogP contribution in [0.5, 0.6) is 0 Å². The molecule has 0 saturated carbocycles. The lowest BCUT2D eigenvalue weighted by molar-refractivity contribution is -0.139. The van der Waals surface area contributed by atoms with Crippen LogP contribution in [0.15, 0.2) is 24.3 Å². The Morgan fingerprint density at radius 2 is 1.94 bits per heavy atom. The molecule has 1 aromatic carbocycles. The Kier molecular flexibility index (Phi) is 4.20. The summed E-state index contributed by atoms with van der Waals surface area (Å²) in [6.07, 6.45) is 2.43. The molecule has 1 aromatic rings. The Morgan fingerprint density at radius 1 is 1.33 bits per heavy atom. The Morgan fingerprint density at radius 3 is 2.50 bits per heavy atom. The highest BCUT2D eigenvalue weighted by atomic mass is 16.5. The van der Waals surface area contributed by atoms with E-state index in [1.54, 1.807) is 0 Å². The first-order valence-electron chi connectivity index (χ1n) is 6.35. The van der Waals surface area contributed by atoms with Gasteiger partial charge >= 0.3 is 5.97 Å². The van der Waals surface area contributed by atoms with Gasteiger partial charge in [-0.2, -0.15) is 0 Å². The maximum atomic E-state index is 11.2. The summed E-state index contributed by atoms with van der Waals surface area (Å²) >= 11 is 0. The molecule has 1 aliphatic rings. The summed E-state index contributed by atoms with van der Waals surface area (Å²) in [7, 11) is 1.41. The van der Waals surface area contributed by atoms with Crippen LogP contribution in [0, 0.1) is 0 Å². The first kappa shape index (κ1) is 12.9. The van der Waals surface area contributed by atoms with Crippen molar-refractivity contribution in [2.75, 3.05) is 25.1 Å². The molecule has 1 aliphatic heterocycles. The molecule has 0 amide bonds. The second kappa shape index (κ2) is 5.87. The first-order valence-corrected chi connectivity index (χ1v) is 6.35. The molecular weight excluding hydrogens is 228 g/mol. The van der Waals surface area contributed by atoms with Crippen molar-refractivity contribution in [2.45, 2.75) is 25.3 Å². The summed E-state index contributed by atoms with van der Waals surface area (Å²) < 4.78 is 4.65. The van der Waals surface area contributed by atoms with Gasteiger partial charge in [0, 0.05) is 24.8 Å². The van der Waals surface area contributed by atoms with Crippen LogP contribution in [0.4, 0.5) is 5.69 Å². The molecule has 0 bridgehead atoms. The van der Waals surface area contributed by atoms with Crippen LogP contribution >= 0.6 is 0 Å². The molecule has 4 nitrogen and oxygen atoms in total. The molecule has 1 saturated heterocycles. The van der Waals surface area contributed by atoms with Crippen LogP contribution in [0.25, 0.3) is 0 Å². The predicted octanol–water partition coefficient (Wildman–Crippen LogP) is 1.33. The zero-order valence-electron chi connectivity index (χ0n) is 10.8. The van der Waals surface area contributed by atoms with Gasteiger partial charge in [-0.25, -0.2) is 0 Å². The Balaban J connectivity index is 1.97. The number of hydrogen-bond donors (Lipinski definition) is 1. The van der Waals surface area contributed by atoms with Crippen LogP contribution in [-0.4, -0.2) is 32.2 Å². The number of hydrogen-bond acceptors (Lipinski definition) is 4. The fourth-order valence-electron chi connectivity index (χ4n) is 2.22. The average Bonchev–Trinajstić information content (AvgIpc) is 2.40. The summed E-state index contributed by atoms with van der Waals surface area (Å²) in [4.78, 5) is 13.5. The van der Waals surface area contributed by atoms with Gasteiger partial charge < -0.3 is 15.4 Å². The molecule has 4 heteroatoms. The Bertz CT molecular complexity index is 395. The van der Waals surface area contributed by atoms with Crippen molar-refractivity contribution in [3.8, 4) is 0 Å². The second-order valence-electron chi connectivity index (χ2n) is 4.74. The fourth-order valence-corrected chi connectivity index (χ4v) is 2.22. The molecule has 2 rings (SSSR count). The van der Waals surface area contributed by atoms with Gasteiger partial charge in [-0.15, -0.1) is 0 Å². The number of methoxy groups -OCH3 is 1. The molecule has 18 heavy (non-hydrogen) atoms. The number of anilines is 1. The molecule has 1 fully saturated rings. The monoisotopic (exact) mass is 248 g/mol. The van der Waals surface area contributed by atoms with Crippen molar-refractivity contribution in [3.63, 3.8) is 0 Å². The number of rotatable bonds is 3. The van der Waals surface area contributed by atoms with Gasteiger partial charge in [-0.05, 0) is 30.5 Å². The summed E-state index contributed by atoms with van der Waals surface area (Å²) in [5.74, 6) is -0.202. The zero-order chi connectivity index (χ0) is 13.0. The van der Waals surface area contributed by atoms with E-state index in [1.165, 1.54) is 12.8 Å². The van der Waals surface area contributed by atoms with Crippen LogP contribution < -0.4 is 10.6 Å². The molecule has 0 atom stereocenters. The molecule has 0 aromatic heterocycles. The number of piperidine rings is 1. The van der Waals surface area contributed by atoms with Gasteiger partial charge in [0.25, 0.3) is 0 Å². The minimum Gasteiger partial charge on any atom is -0.469 e. The number of nitrogens with zero attached hydrogens (tertiary/aromatic N) is 1. The smallest absolute Gasteiger partial charge is 0.309 e. The van der Waals surface area contributed by atoms with E-state index < -0.39 is 0 Å². The topological polar surface area (TPSA) is 55.6 Å². The molecule has 0 spiro atoms. The molecule has 0 unspecified atom stereocenters. The number of esters is 1. The Labute approximate surface area is 108 Å². The van der Waals surface area contributed by atoms with E-state index in [2.05, 4.69) is 21.8 Å². The van der Waals surface area contributed by atoms with E-state index in [1.807, 2.05) is 12.1 Å². The lowest BCUT2D eigenvalue weighted by Crippen LogP contribution is -2.39. The minimum atomic E-state index is -0.202. The number of ether oxygens (including phenoxy) is 1. The number of carbonyl (C=O) groups excluding carboxylic acids is 1. The van der Waals surface area contributed by atoms with E-state index in [0.29, 0.717) is 12.5 Å². The van der Waals surface area contributed by atoms with E-state index in [4.69, 9.17) is 5.73 Å². The maximum Gasteiger partial charge on any atom is 0.309 e. The highest BCUT2D eigenvalue weighted by Gasteiger charge is 2.16. The SMILES string of the molecule is COC(=O)Cc1ccc(N2CCC(N)CC2)cc1. The van der Waals surface area contributed by atoms with E-state index in [-0.39, 0.29) is 5.97 Å². The average molecular weight is 248 g/mol. The molecule has 0 radical (unpaired) electrons. The quantitative estimate of drug-likeness (QED) is 0.820. The lowest BCUT2D eigenvalue weighted by atomic mass is 10.0. The van der Waals surface area contributed by atoms with Crippen LogP contribution in [-0.2, 0) is 16.0 Å². The third kappa shape index (κ3) is 3.23. The highest BCUT2D eigenvalue weighted by molar-refractivity contribution is 5.72. The number of carbonyl (C=O) groups is 1. The highest BCUT2D eigenvalue weighted by Crippen LogP contribution is 2.20. The van der Waals surface area contributed by atoms with Gasteiger partial charge in [-0.3, -0.25) is 4.79 Å². The van der Waals surface area contributed by atoms with E-state index in [0.717, 1.165) is 31.5 Å². The standard InChI is InChI=1S/C14H20N2O2/c1-18-14(17)10-11-2-4-13(5-3-11)16-8-6-12(15)7-9-16/h2-5,12H,6-10,15H2,1H3. The second-order valence-corrected chi connectivity index (χ2v) is 4.74. The van der Waals surface area contributed by atoms with Gasteiger partial charge in [0.15, 0.2) is 0 Å². The van der Waals surface area contributed by atoms with Crippen molar-refractivity contribution < 1.29 is 9.53 Å². The van der Waals surface area contributed by atoms with Crippen molar-refractivity contribution in [1.82, 2.24) is 0 Å². The molecular formula is C14H20N2O2. The molecule has 0 aliphatic carbocycles. The van der Waals surface area contributed by atoms with Gasteiger partial charge in [0.1, 0.15) is 0 Å². The van der Waals surface area contributed by atoms with Crippen molar-refractivity contribution in [3.05, 3.63) is 29.8 Å². The zero-order valence-corrected chi connectivity index (χ0v) is 10.8. The summed E-state index contributed by atoms with van der Waals surface area (Å²) in [6.45, 7) is 2.02. The summed E-state index contributed by atoms with van der Waals surface area (Å²) in [5.41, 5.74) is 8.08. The third-order valence-corrected chi connectivity index (χ3v) is 3.42. The summed E-state index contributed by atoms with van der Waals surface area (Å²) in [6, 6.07) is 8.45. The first-order chi connectivity index (χ1) is 8.69. The number of benzene rings is 1. The Hall–Kier alpha value is -1.55. The van der Waals surface area contributed by atoms with Crippen LogP contribution in [0.2, 0.25) is 0 Å². The largest absolute Gasteiger partial charge is 0.469 e. The molecule has 1 heterocycles. The normalized spacial score (nSPS) is 16.7. The van der Waals surface area contributed by atoms with E-state index >= 15 is 0 Å². The van der Waals surface area contributed by atoms with Crippen molar-refractivity contribution in [2.24, 2.45) is 5.73 Å². The summed E-state index contributed by atoms with van der Waals surface area (Å²) in [5, 5.41) is 0. The van der Waals surface area contributed by atoms with Gasteiger partial charge in [-0.1, -0.05) is 12.1 Å². The number of nitrogens with two attached hydrogens (primary N) is 1. The van der Waals surface area contributed by atoms with Crippen LogP contribution in [0.3, 0.4) is 0 Å². The van der Waals surface area contributed by atoms with E-state index in [9.17, 15) is 4.79 Å². The molecule has 98 valence electrons.